The Balaban J connectivity index is 1.61. The van der Waals surface area contributed by atoms with Crippen LogP contribution in [0, 0.1) is 0 Å². The molecular formula is C15H24N2O2. The number of ether oxygens (including phenoxy) is 1. The van der Waals surface area contributed by atoms with Gasteiger partial charge in [0.05, 0.1) is 30.0 Å². The normalized spacial score (nSPS) is 43.8. The van der Waals surface area contributed by atoms with Gasteiger partial charge in [-0.2, -0.15) is 0 Å². The lowest BCUT2D eigenvalue weighted by Crippen LogP contribution is -2.49. The molecule has 4 nitrogen and oxygen atoms in total. The second-order valence-electron chi connectivity index (χ2n) is 6.75. The Bertz CT molecular complexity index is 392. The number of rotatable bonds is 2. The third-order valence-corrected chi connectivity index (χ3v) is 5.70. The lowest BCUT2D eigenvalue weighted by molar-refractivity contribution is -0.136. The van der Waals surface area contributed by atoms with E-state index in [0.717, 1.165) is 32.1 Å². The van der Waals surface area contributed by atoms with E-state index in [1.807, 2.05) is 0 Å². The van der Waals surface area contributed by atoms with Crippen molar-refractivity contribution in [2.45, 2.75) is 88.2 Å². The zero-order valence-electron chi connectivity index (χ0n) is 11.7. The van der Waals surface area contributed by atoms with Gasteiger partial charge in [0.2, 0.25) is 5.91 Å². The monoisotopic (exact) mass is 264 g/mol. The predicted octanol–water partition coefficient (Wildman–Crippen LogP) is 1.79. The first-order chi connectivity index (χ1) is 9.23. The average Bonchev–Trinajstić information content (AvgIpc) is 3.17. The van der Waals surface area contributed by atoms with E-state index >= 15 is 0 Å². The number of fused-ring (bicyclic) bond motifs is 2. The largest absolute Gasteiger partial charge is 0.373 e. The maximum atomic E-state index is 13.0. The van der Waals surface area contributed by atoms with Gasteiger partial charge in [0.1, 0.15) is 0 Å². The second kappa shape index (κ2) is 4.19. The van der Waals surface area contributed by atoms with Crippen LogP contribution >= 0.6 is 0 Å². The van der Waals surface area contributed by atoms with Crippen LogP contribution in [0.3, 0.4) is 0 Å². The number of nitrogens with zero attached hydrogens (tertiary/aromatic N) is 1. The van der Waals surface area contributed by atoms with Gasteiger partial charge in [0.25, 0.3) is 0 Å². The molecule has 1 spiro atoms. The SMILES string of the molecule is CCC1NC2(CCCC2)C(=O)N1C1CC2CCC1O2. The van der Waals surface area contributed by atoms with Gasteiger partial charge in [0.15, 0.2) is 0 Å². The first-order valence-corrected chi connectivity index (χ1v) is 7.99. The molecule has 1 saturated carbocycles. The fraction of sp³-hybridized carbons (Fsp3) is 0.933. The quantitative estimate of drug-likeness (QED) is 0.826. The Kier molecular flexibility index (Phi) is 2.68. The molecule has 4 rings (SSSR count). The molecule has 1 amide bonds. The number of carbonyl (C=O) groups excluding carboxylic acids is 1. The van der Waals surface area contributed by atoms with Crippen LogP contribution in [0.2, 0.25) is 0 Å². The molecule has 3 aliphatic heterocycles. The molecule has 0 aromatic heterocycles. The van der Waals surface area contributed by atoms with Crippen molar-refractivity contribution in [3.63, 3.8) is 0 Å². The zero-order valence-corrected chi connectivity index (χ0v) is 11.7. The summed E-state index contributed by atoms with van der Waals surface area (Å²) in [6.45, 7) is 2.18. The standard InChI is InChI=1S/C15H24N2O2/c1-2-13-16-15(7-3-4-8-15)14(18)17(13)11-9-10-5-6-12(11)19-10/h10-13,16H,2-9H2,1H3. The minimum atomic E-state index is -0.220. The van der Waals surface area contributed by atoms with Crippen molar-refractivity contribution < 1.29 is 9.53 Å². The lowest BCUT2D eigenvalue weighted by Gasteiger charge is -2.33. The van der Waals surface area contributed by atoms with Crippen molar-refractivity contribution in [3.8, 4) is 0 Å². The molecule has 2 bridgehead atoms. The third kappa shape index (κ3) is 1.62. The molecule has 0 aromatic rings. The van der Waals surface area contributed by atoms with Crippen LogP contribution in [0.25, 0.3) is 0 Å². The number of carbonyl (C=O) groups is 1. The van der Waals surface area contributed by atoms with Gasteiger partial charge in [-0.3, -0.25) is 10.1 Å². The highest BCUT2D eigenvalue weighted by molar-refractivity contribution is 5.89. The Labute approximate surface area is 114 Å². The van der Waals surface area contributed by atoms with Gasteiger partial charge in [-0.05, 0) is 38.5 Å². The summed E-state index contributed by atoms with van der Waals surface area (Å²) < 4.78 is 5.97. The summed E-state index contributed by atoms with van der Waals surface area (Å²) in [5.41, 5.74) is -0.220. The molecule has 4 unspecified atom stereocenters. The molecule has 1 N–H and O–H groups in total. The van der Waals surface area contributed by atoms with Crippen LogP contribution in [0.4, 0.5) is 0 Å². The van der Waals surface area contributed by atoms with Crippen molar-refractivity contribution in [2.75, 3.05) is 0 Å². The molecule has 3 saturated heterocycles. The second-order valence-corrected chi connectivity index (χ2v) is 6.75. The zero-order chi connectivity index (χ0) is 13.0. The fourth-order valence-electron chi connectivity index (χ4n) is 4.76. The van der Waals surface area contributed by atoms with E-state index in [2.05, 4.69) is 17.1 Å². The summed E-state index contributed by atoms with van der Waals surface area (Å²) in [5.74, 6) is 0.373. The Morgan fingerprint density at radius 3 is 2.74 bits per heavy atom. The van der Waals surface area contributed by atoms with Gasteiger partial charge in [-0.25, -0.2) is 0 Å². The minimum Gasteiger partial charge on any atom is -0.373 e. The predicted molar refractivity (Wildman–Crippen MR) is 71.6 cm³/mol. The van der Waals surface area contributed by atoms with Crippen molar-refractivity contribution in [1.29, 1.82) is 0 Å². The van der Waals surface area contributed by atoms with Gasteiger partial charge < -0.3 is 9.64 Å². The van der Waals surface area contributed by atoms with E-state index in [9.17, 15) is 4.79 Å². The van der Waals surface area contributed by atoms with Crippen LogP contribution in [-0.2, 0) is 9.53 Å². The number of hydrogen-bond donors (Lipinski definition) is 1. The summed E-state index contributed by atoms with van der Waals surface area (Å²) in [6, 6.07) is 0.337. The Morgan fingerprint density at radius 2 is 2.16 bits per heavy atom. The summed E-state index contributed by atoms with van der Waals surface area (Å²) in [5, 5.41) is 3.67. The summed E-state index contributed by atoms with van der Waals surface area (Å²) in [4.78, 5) is 15.1. The number of nitrogens with one attached hydrogen (secondary N) is 1. The highest BCUT2D eigenvalue weighted by Crippen LogP contribution is 2.43. The van der Waals surface area contributed by atoms with Crippen LogP contribution in [0.5, 0.6) is 0 Å². The highest BCUT2D eigenvalue weighted by atomic mass is 16.5. The van der Waals surface area contributed by atoms with Crippen molar-refractivity contribution in [2.24, 2.45) is 0 Å². The van der Waals surface area contributed by atoms with Crippen molar-refractivity contribution in [3.05, 3.63) is 0 Å². The van der Waals surface area contributed by atoms with E-state index < -0.39 is 0 Å². The summed E-state index contributed by atoms with van der Waals surface area (Å²) >= 11 is 0. The van der Waals surface area contributed by atoms with E-state index in [4.69, 9.17) is 4.74 Å². The van der Waals surface area contributed by atoms with Gasteiger partial charge in [-0.15, -0.1) is 0 Å². The van der Waals surface area contributed by atoms with Crippen LogP contribution < -0.4 is 5.32 Å². The first-order valence-electron chi connectivity index (χ1n) is 7.99. The van der Waals surface area contributed by atoms with Gasteiger partial charge in [-0.1, -0.05) is 19.8 Å². The fourth-order valence-corrected chi connectivity index (χ4v) is 4.76. The highest BCUT2D eigenvalue weighted by Gasteiger charge is 2.57. The number of hydrogen-bond acceptors (Lipinski definition) is 3. The topological polar surface area (TPSA) is 41.6 Å². The van der Waals surface area contributed by atoms with Crippen LogP contribution in [0.15, 0.2) is 0 Å². The molecule has 4 atom stereocenters. The van der Waals surface area contributed by atoms with Gasteiger partial charge in [0, 0.05) is 0 Å². The van der Waals surface area contributed by atoms with Crippen molar-refractivity contribution >= 4 is 5.91 Å². The Morgan fingerprint density at radius 1 is 1.37 bits per heavy atom. The summed E-state index contributed by atoms with van der Waals surface area (Å²) in [7, 11) is 0. The molecule has 4 aliphatic rings. The first kappa shape index (κ1) is 12.2. The smallest absolute Gasteiger partial charge is 0.244 e. The van der Waals surface area contributed by atoms with Crippen LogP contribution in [0.1, 0.15) is 58.3 Å². The summed E-state index contributed by atoms with van der Waals surface area (Å²) in [6.07, 6.45) is 9.79. The molecule has 4 heteroatoms. The molecule has 0 aromatic carbocycles. The van der Waals surface area contributed by atoms with E-state index in [1.54, 1.807) is 0 Å². The lowest BCUT2D eigenvalue weighted by atomic mass is 9.92. The molecule has 19 heavy (non-hydrogen) atoms. The van der Waals surface area contributed by atoms with E-state index in [1.165, 1.54) is 19.3 Å². The maximum Gasteiger partial charge on any atom is 0.244 e. The molecule has 106 valence electrons. The molecular weight excluding hydrogens is 240 g/mol. The Hall–Kier alpha value is -0.610. The molecule has 0 radical (unpaired) electrons. The minimum absolute atomic E-state index is 0.220. The number of amides is 1. The average molecular weight is 264 g/mol. The van der Waals surface area contributed by atoms with E-state index in [0.29, 0.717) is 24.2 Å². The molecule has 1 aliphatic carbocycles. The molecule has 4 fully saturated rings. The maximum absolute atomic E-state index is 13.0. The van der Waals surface area contributed by atoms with Crippen molar-refractivity contribution in [1.82, 2.24) is 10.2 Å². The van der Waals surface area contributed by atoms with Crippen LogP contribution in [-0.4, -0.2) is 40.8 Å². The molecule has 3 heterocycles. The van der Waals surface area contributed by atoms with Gasteiger partial charge >= 0.3 is 0 Å². The third-order valence-electron chi connectivity index (χ3n) is 5.70. The van der Waals surface area contributed by atoms with E-state index in [-0.39, 0.29) is 11.7 Å².